The van der Waals surface area contributed by atoms with Gasteiger partial charge in [0.25, 0.3) is 0 Å². The number of nitrogens with one attached hydrogen (secondary N) is 2. The molecule has 0 fully saturated rings. The first-order valence-electron chi connectivity index (χ1n) is 4.98. The van der Waals surface area contributed by atoms with Crippen LogP contribution in [0.5, 0.6) is 11.6 Å². The number of hydrogen-bond donors (Lipinski definition) is 3. The molecule has 2 aromatic rings. The first kappa shape index (κ1) is 10.4. The third kappa shape index (κ3) is 1.95. The van der Waals surface area contributed by atoms with E-state index in [0.717, 1.165) is 16.9 Å². The number of methoxy groups -OCH3 is 1. The zero-order chi connectivity index (χ0) is 11.5. The molecule has 1 aromatic carbocycles. The van der Waals surface area contributed by atoms with Crippen LogP contribution >= 0.6 is 0 Å². The highest BCUT2D eigenvalue weighted by Gasteiger charge is 2.04. The highest BCUT2D eigenvalue weighted by Crippen LogP contribution is 2.28. The van der Waals surface area contributed by atoms with Crippen LogP contribution in [-0.4, -0.2) is 17.2 Å². The van der Waals surface area contributed by atoms with Gasteiger partial charge in [-0.05, 0) is 24.6 Å². The molecule has 0 saturated heterocycles. The Kier molecular flexibility index (Phi) is 2.72. The second-order valence-electron chi connectivity index (χ2n) is 3.55. The van der Waals surface area contributed by atoms with E-state index in [-0.39, 0.29) is 5.75 Å². The average molecular weight is 218 g/mol. The molecule has 0 bridgehead atoms. The third-order valence-electron chi connectivity index (χ3n) is 2.40. The molecule has 0 atom stereocenters. The lowest BCUT2D eigenvalue weighted by molar-refractivity contribution is 0.402. The van der Waals surface area contributed by atoms with Crippen LogP contribution in [0.1, 0.15) is 5.56 Å². The molecule has 1 heterocycles. The van der Waals surface area contributed by atoms with Crippen molar-refractivity contribution in [1.29, 1.82) is 0 Å². The molecular weight excluding hydrogens is 204 g/mol. The van der Waals surface area contributed by atoms with Gasteiger partial charge in [-0.15, -0.1) is 0 Å². The molecule has 0 aliphatic heterocycles. The fraction of sp³-hybridized carbons (Fsp3) is 0.167. The zero-order valence-corrected chi connectivity index (χ0v) is 9.24. The van der Waals surface area contributed by atoms with Crippen molar-refractivity contribution in [3.63, 3.8) is 0 Å². The number of ether oxygens (including phenoxy) is 1. The maximum Gasteiger partial charge on any atom is 0.214 e. The summed E-state index contributed by atoms with van der Waals surface area (Å²) in [6, 6.07) is 7.32. The van der Waals surface area contributed by atoms with Gasteiger partial charge < -0.3 is 20.1 Å². The topological polar surface area (TPSA) is 57.3 Å². The second kappa shape index (κ2) is 4.18. The summed E-state index contributed by atoms with van der Waals surface area (Å²) < 4.78 is 5.13. The number of hydrogen-bond acceptors (Lipinski definition) is 3. The van der Waals surface area contributed by atoms with Crippen molar-refractivity contribution < 1.29 is 9.84 Å². The molecule has 4 heteroatoms. The standard InChI is InChI=1S/C12H14N2O2/c1-8-3-4-9(7-11(8)15)14-10-5-6-13-12(10)16-2/h3-7,13-15H,1-2H3. The number of rotatable bonds is 3. The van der Waals surface area contributed by atoms with Crippen molar-refractivity contribution in [3.05, 3.63) is 36.0 Å². The predicted molar refractivity (Wildman–Crippen MR) is 63.5 cm³/mol. The number of phenols is 1. The minimum atomic E-state index is 0.277. The van der Waals surface area contributed by atoms with Crippen LogP contribution in [0, 0.1) is 6.92 Å². The Balaban J connectivity index is 2.24. The lowest BCUT2D eigenvalue weighted by atomic mass is 10.2. The molecular formula is C12H14N2O2. The Morgan fingerprint density at radius 2 is 2.12 bits per heavy atom. The second-order valence-corrected chi connectivity index (χ2v) is 3.55. The van der Waals surface area contributed by atoms with E-state index in [1.165, 1.54) is 0 Å². The van der Waals surface area contributed by atoms with Crippen LogP contribution in [0.3, 0.4) is 0 Å². The van der Waals surface area contributed by atoms with Crippen LogP contribution in [0.4, 0.5) is 11.4 Å². The van der Waals surface area contributed by atoms with Gasteiger partial charge in [0.2, 0.25) is 5.88 Å². The number of aryl methyl sites for hydroxylation is 1. The van der Waals surface area contributed by atoms with E-state index in [9.17, 15) is 5.11 Å². The number of anilines is 2. The van der Waals surface area contributed by atoms with Gasteiger partial charge in [-0.1, -0.05) is 6.07 Å². The van der Waals surface area contributed by atoms with E-state index >= 15 is 0 Å². The Hall–Kier alpha value is -2.10. The SMILES string of the molecule is COc1[nH]ccc1Nc1ccc(C)c(O)c1. The van der Waals surface area contributed by atoms with Gasteiger partial charge in [-0.2, -0.15) is 0 Å². The maximum absolute atomic E-state index is 9.58. The van der Waals surface area contributed by atoms with Gasteiger partial charge >= 0.3 is 0 Å². The lowest BCUT2D eigenvalue weighted by Crippen LogP contribution is -1.92. The van der Waals surface area contributed by atoms with Crippen molar-refractivity contribution >= 4 is 11.4 Å². The molecule has 0 amide bonds. The first-order valence-corrected chi connectivity index (χ1v) is 4.98. The number of aromatic amines is 1. The molecule has 0 unspecified atom stereocenters. The van der Waals surface area contributed by atoms with E-state index in [1.54, 1.807) is 19.4 Å². The molecule has 0 spiro atoms. The summed E-state index contributed by atoms with van der Waals surface area (Å²) in [5, 5.41) is 12.7. The number of benzene rings is 1. The van der Waals surface area contributed by atoms with Crippen molar-refractivity contribution in [1.82, 2.24) is 4.98 Å². The molecule has 0 saturated carbocycles. The lowest BCUT2D eigenvalue weighted by Gasteiger charge is -2.08. The maximum atomic E-state index is 9.58. The van der Waals surface area contributed by atoms with Crippen LogP contribution in [0.25, 0.3) is 0 Å². The van der Waals surface area contributed by atoms with Gasteiger partial charge in [0.05, 0.1) is 7.11 Å². The summed E-state index contributed by atoms with van der Waals surface area (Å²) in [4.78, 5) is 2.95. The summed E-state index contributed by atoms with van der Waals surface area (Å²) in [5.41, 5.74) is 2.51. The van der Waals surface area contributed by atoms with Crippen molar-refractivity contribution in [2.24, 2.45) is 0 Å². The van der Waals surface area contributed by atoms with Crippen LogP contribution in [-0.2, 0) is 0 Å². The van der Waals surface area contributed by atoms with E-state index in [2.05, 4.69) is 10.3 Å². The summed E-state index contributed by atoms with van der Waals surface area (Å²) >= 11 is 0. The molecule has 0 radical (unpaired) electrons. The fourth-order valence-electron chi connectivity index (χ4n) is 1.46. The van der Waals surface area contributed by atoms with Crippen LogP contribution in [0.15, 0.2) is 30.5 Å². The number of aromatic hydroxyl groups is 1. The summed E-state index contributed by atoms with van der Waals surface area (Å²) in [6.45, 7) is 1.86. The van der Waals surface area contributed by atoms with Gasteiger partial charge in [-0.25, -0.2) is 0 Å². The van der Waals surface area contributed by atoms with Gasteiger partial charge in [0.15, 0.2) is 0 Å². The minimum absolute atomic E-state index is 0.277. The predicted octanol–water partition coefficient (Wildman–Crippen LogP) is 2.78. The monoisotopic (exact) mass is 218 g/mol. The summed E-state index contributed by atoms with van der Waals surface area (Å²) in [6.07, 6.45) is 1.79. The number of H-pyrrole nitrogens is 1. The largest absolute Gasteiger partial charge is 0.508 e. The van der Waals surface area contributed by atoms with Gasteiger partial charge in [0.1, 0.15) is 11.4 Å². The molecule has 84 valence electrons. The fourth-order valence-corrected chi connectivity index (χ4v) is 1.46. The van der Waals surface area contributed by atoms with E-state index in [4.69, 9.17) is 4.74 Å². The highest BCUT2D eigenvalue weighted by atomic mass is 16.5. The Bertz CT molecular complexity index is 492. The quantitative estimate of drug-likeness (QED) is 0.742. The zero-order valence-electron chi connectivity index (χ0n) is 9.24. The smallest absolute Gasteiger partial charge is 0.214 e. The first-order chi connectivity index (χ1) is 7.70. The van der Waals surface area contributed by atoms with Crippen molar-refractivity contribution in [2.75, 3.05) is 12.4 Å². The van der Waals surface area contributed by atoms with Crippen molar-refractivity contribution in [2.45, 2.75) is 6.92 Å². The normalized spacial score (nSPS) is 10.1. The van der Waals surface area contributed by atoms with E-state index in [1.807, 2.05) is 25.1 Å². The average Bonchev–Trinajstić information content (AvgIpc) is 2.71. The molecule has 1 aromatic heterocycles. The molecule has 2 rings (SSSR count). The van der Waals surface area contributed by atoms with Gasteiger partial charge in [0, 0.05) is 18.0 Å². The molecule has 0 aliphatic carbocycles. The highest BCUT2D eigenvalue weighted by molar-refractivity contribution is 5.66. The third-order valence-corrected chi connectivity index (χ3v) is 2.40. The molecule has 4 nitrogen and oxygen atoms in total. The van der Waals surface area contributed by atoms with E-state index in [0.29, 0.717) is 5.88 Å². The Labute approximate surface area is 93.9 Å². The van der Waals surface area contributed by atoms with Gasteiger partial charge in [-0.3, -0.25) is 0 Å². The number of phenolic OH excluding ortho intramolecular Hbond substituents is 1. The minimum Gasteiger partial charge on any atom is -0.508 e. The summed E-state index contributed by atoms with van der Waals surface area (Å²) in [7, 11) is 1.60. The van der Waals surface area contributed by atoms with E-state index < -0.39 is 0 Å². The molecule has 16 heavy (non-hydrogen) atoms. The Morgan fingerprint density at radius 1 is 1.31 bits per heavy atom. The van der Waals surface area contributed by atoms with Crippen LogP contribution < -0.4 is 10.1 Å². The number of aromatic nitrogens is 1. The molecule has 3 N–H and O–H groups in total. The summed E-state index contributed by atoms with van der Waals surface area (Å²) in [5.74, 6) is 0.944. The Morgan fingerprint density at radius 3 is 2.81 bits per heavy atom. The van der Waals surface area contributed by atoms with Crippen molar-refractivity contribution in [3.8, 4) is 11.6 Å². The van der Waals surface area contributed by atoms with Crippen LogP contribution in [0.2, 0.25) is 0 Å². The molecule has 0 aliphatic rings.